The van der Waals surface area contributed by atoms with Gasteiger partial charge in [0.05, 0.1) is 24.8 Å². The van der Waals surface area contributed by atoms with E-state index in [2.05, 4.69) is 13.8 Å². The van der Waals surface area contributed by atoms with Crippen LogP contribution in [-0.4, -0.2) is 55.2 Å². The third kappa shape index (κ3) is 5.78. The van der Waals surface area contributed by atoms with E-state index in [1.54, 1.807) is 37.4 Å². The Morgan fingerprint density at radius 1 is 1.06 bits per heavy atom. The summed E-state index contributed by atoms with van der Waals surface area (Å²) in [6.45, 7) is 7.85. The maximum atomic E-state index is 13.1. The molecule has 3 rings (SSSR count). The average Bonchev–Trinajstić information content (AvgIpc) is 3.08. The second kappa shape index (κ2) is 11.7. The summed E-state index contributed by atoms with van der Waals surface area (Å²) in [5, 5.41) is 11.2. The Labute approximate surface area is 200 Å². The molecule has 7 nitrogen and oxygen atoms in total. The van der Waals surface area contributed by atoms with Crippen molar-refractivity contribution in [1.29, 1.82) is 0 Å². The van der Waals surface area contributed by atoms with Crippen molar-refractivity contribution in [3.05, 3.63) is 65.2 Å². The molecule has 1 N–H and O–H groups in total. The number of aliphatic hydroxyl groups is 1. The molecule has 1 unspecified atom stereocenters. The van der Waals surface area contributed by atoms with E-state index in [1.165, 1.54) is 4.90 Å². The number of carbonyl (C=O) groups is 2. The molecule has 2 aromatic rings. The van der Waals surface area contributed by atoms with Crippen molar-refractivity contribution in [2.75, 3.05) is 33.5 Å². The van der Waals surface area contributed by atoms with E-state index in [-0.39, 0.29) is 11.3 Å². The first kappa shape index (κ1) is 25.3. The summed E-state index contributed by atoms with van der Waals surface area (Å²) < 4.78 is 16.5. The third-order valence-electron chi connectivity index (χ3n) is 5.48. The zero-order valence-corrected chi connectivity index (χ0v) is 20.2. The lowest BCUT2D eigenvalue weighted by Crippen LogP contribution is -2.31. The van der Waals surface area contributed by atoms with E-state index in [1.807, 2.05) is 25.1 Å². The minimum Gasteiger partial charge on any atom is -0.507 e. The fraction of sp³-hybridized carbons (Fsp3) is 0.407. The van der Waals surface area contributed by atoms with Gasteiger partial charge < -0.3 is 24.2 Å². The third-order valence-corrected chi connectivity index (χ3v) is 5.48. The summed E-state index contributed by atoms with van der Waals surface area (Å²) >= 11 is 0. The van der Waals surface area contributed by atoms with E-state index < -0.39 is 17.7 Å². The van der Waals surface area contributed by atoms with Gasteiger partial charge in [0.15, 0.2) is 0 Å². The highest BCUT2D eigenvalue weighted by atomic mass is 16.5. The van der Waals surface area contributed by atoms with Crippen LogP contribution in [0.5, 0.6) is 11.5 Å². The molecule has 0 saturated carbocycles. The number of rotatable bonds is 11. The Balaban J connectivity index is 2.02. The molecule has 0 spiro atoms. The largest absolute Gasteiger partial charge is 0.507 e. The standard InChI is InChI=1S/C27H33NO6/c1-5-33-22-9-6-8-20(16-22)24-23(26(30)27(31)28(24)14-7-15-32-4)25(29)19-10-12-21(13-11-19)34-17-18(2)3/h6,8-13,16,18,24,29H,5,7,14-15,17H2,1-4H3/b25-23-. The van der Waals surface area contributed by atoms with Crippen LogP contribution in [0, 0.1) is 5.92 Å². The molecule has 0 aliphatic carbocycles. The van der Waals surface area contributed by atoms with E-state index in [9.17, 15) is 14.7 Å². The van der Waals surface area contributed by atoms with Gasteiger partial charge in [-0.05, 0) is 61.2 Å². The van der Waals surface area contributed by atoms with Crippen molar-refractivity contribution < 1.29 is 28.9 Å². The normalized spacial score (nSPS) is 17.4. The van der Waals surface area contributed by atoms with Crippen molar-refractivity contribution in [1.82, 2.24) is 4.90 Å². The highest BCUT2D eigenvalue weighted by Gasteiger charge is 2.45. The van der Waals surface area contributed by atoms with Crippen molar-refractivity contribution in [3.8, 4) is 11.5 Å². The number of Topliss-reactive ketones (excluding diaryl/α,β-unsaturated/α-hetero) is 1. The second-order valence-electron chi connectivity index (χ2n) is 8.57. The number of carbonyl (C=O) groups excluding carboxylic acids is 2. The highest BCUT2D eigenvalue weighted by molar-refractivity contribution is 6.46. The van der Waals surface area contributed by atoms with Crippen molar-refractivity contribution in [3.63, 3.8) is 0 Å². The maximum absolute atomic E-state index is 13.1. The molecule has 2 aromatic carbocycles. The number of hydrogen-bond acceptors (Lipinski definition) is 6. The topological polar surface area (TPSA) is 85.3 Å². The fourth-order valence-electron chi connectivity index (χ4n) is 3.90. The maximum Gasteiger partial charge on any atom is 0.295 e. The summed E-state index contributed by atoms with van der Waals surface area (Å²) in [5.74, 6) is 0.132. The highest BCUT2D eigenvalue weighted by Crippen LogP contribution is 2.40. The summed E-state index contributed by atoms with van der Waals surface area (Å²) in [4.78, 5) is 27.6. The van der Waals surface area contributed by atoms with Gasteiger partial charge in [0.1, 0.15) is 17.3 Å². The second-order valence-corrected chi connectivity index (χ2v) is 8.57. The minimum absolute atomic E-state index is 0.0620. The van der Waals surface area contributed by atoms with Gasteiger partial charge in [-0.3, -0.25) is 9.59 Å². The first-order valence-electron chi connectivity index (χ1n) is 11.6. The lowest BCUT2D eigenvalue weighted by molar-refractivity contribution is -0.140. The molecular weight excluding hydrogens is 434 g/mol. The van der Waals surface area contributed by atoms with Crippen molar-refractivity contribution in [2.45, 2.75) is 33.2 Å². The molecule has 0 radical (unpaired) electrons. The molecule has 1 atom stereocenters. The van der Waals surface area contributed by atoms with E-state index >= 15 is 0 Å². The lowest BCUT2D eigenvalue weighted by Gasteiger charge is -2.25. The molecule has 1 fully saturated rings. The Kier molecular flexibility index (Phi) is 8.71. The number of ether oxygens (including phenoxy) is 3. The first-order chi connectivity index (χ1) is 16.4. The molecule has 1 saturated heterocycles. The number of nitrogens with zero attached hydrogens (tertiary/aromatic N) is 1. The number of benzene rings is 2. The Morgan fingerprint density at radius 2 is 1.79 bits per heavy atom. The van der Waals surface area contributed by atoms with Gasteiger partial charge in [-0.2, -0.15) is 0 Å². The van der Waals surface area contributed by atoms with E-state index in [0.29, 0.717) is 61.3 Å². The monoisotopic (exact) mass is 467 g/mol. The smallest absolute Gasteiger partial charge is 0.295 e. The molecule has 1 amide bonds. The molecule has 1 aliphatic heterocycles. The van der Waals surface area contributed by atoms with Crippen LogP contribution < -0.4 is 9.47 Å². The Bertz CT molecular complexity index is 1030. The molecule has 0 aromatic heterocycles. The van der Waals surface area contributed by atoms with Crippen LogP contribution in [0.1, 0.15) is 44.4 Å². The van der Waals surface area contributed by atoms with Gasteiger partial charge >= 0.3 is 0 Å². The van der Waals surface area contributed by atoms with Crippen LogP contribution in [0.2, 0.25) is 0 Å². The average molecular weight is 468 g/mol. The van der Waals surface area contributed by atoms with Gasteiger partial charge in [-0.15, -0.1) is 0 Å². The van der Waals surface area contributed by atoms with E-state index in [0.717, 1.165) is 0 Å². The summed E-state index contributed by atoms with van der Waals surface area (Å²) in [6, 6.07) is 13.4. The van der Waals surface area contributed by atoms with Gasteiger partial charge in [-0.25, -0.2) is 0 Å². The molecule has 7 heteroatoms. The van der Waals surface area contributed by atoms with Crippen LogP contribution in [0.4, 0.5) is 0 Å². The summed E-state index contributed by atoms with van der Waals surface area (Å²) in [5.41, 5.74) is 1.20. The Hall–Kier alpha value is -3.32. The van der Waals surface area contributed by atoms with Gasteiger partial charge in [0.25, 0.3) is 11.7 Å². The fourth-order valence-corrected chi connectivity index (χ4v) is 3.90. The van der Waals surface area contributed by atoms with Crippen molar-refractivity contribution in [2.24, 2.45) is 5.92 Å². The van der Waals surface area contributed by atoms with Crippen LogP contribution in [0.25, 0.3) is 5.76 Å². The first-order valence-corrected chi connectivity index (χ1v) is 11.6. The molecular formula is C27H33NO6. The van der Waals surface area contributed by atoms with Gasteiger partial charge in [0.2, 0.25) is 0 Å². The number of likely N-dealkylation sites (tertiary alicyclic amines) is 1. The zero-order chi connectivity index (χ0) is 24.7. The zero-order valence-electron chi connectivity index (χ0n) is 20.2. The molecule has 1 heterocycles. The lowest BCUT2D eigenvalue weighted by atomic mass is 9.95. The number of ketones is 1. The predicted octanol–water partition coefficient (Wildman–Crippen LogP) is 4.58. The van der Waals surface area contributed by atoms with Crippen LogP contribution >= 0.6 is 0 Å². The molecule has 0 bridgehead atoms. The molecule has 1 aliphatic rings. The summed E-state index contributed by atoms with van der Waals surface area (Å²) in [6.07, 6.45) is 0.563. The number of aliphatic hydroxyl groups excluding tert-OH is 1. The number of amides is 1. The van der Waals surface area contributed by atoms with Gasteiger partial charge in [-0.1, -0.05) is 26.0 Å². The summed E-state index contributed by atoms with van der Waals surface area (Å²) in [7, 11) is 1.59. The number of methoxy groups -OCH3 is 1. The van der Waals surface area contributed by atoms with Gasteiger partial charge in [0, 0.05) is 25.8 Å². The molecule has 182 valence electrons. The van der Waals surface area contributed by atoms with E-state index in [4.69, 9.17) is 14.2 Å². The van der Waals surface area contributed by atoms with Crippen molar-refractivity contribution >= 4 is 17.4 Å². The predicted molar refractivity (Wildman–Crippen MR) is 130 cm³/mol. The van der Waals surface area contributed by atoms with Crippen LogP contribution in [0.15, 0.2) is 54.1 Å². The van der Waals surface area contributed by atoms with Crippen LogP contribution in [-0.2, 0) is 14.3 Å². The Morgan fingerprint density at radius 3 is 2.44 bits per heavy atom. The SMILES string of the molecule is CCOc1cccc(C2/C(=C(/O)c3ccc(OCC(C)C)cc3)C(=O)C(=O)N2CCCOC)c1. The minimum atomic E-state index is -0.728. The molecule has 34 heavy (non-hydrogen) atoms. The quantitative estimate of drug-likeness (QED) is 0.225. The number of hydrogen-bond donors (Lipinski definition) is 1. The van der Waals surface area contributed by atoms with Crippen LogP contribution in [0.3, 0.4) is 0 Å².